The molecule has 1 aliphatic heterocycles. The van der Waals surface area contributed by atoms with Gasteiger partial charge in [-0.15, -0.1) is 0 Å². The second kappa shape index (κ2) is 13.7. The first-order chi connectivity index (χ1) is 23.1. The van der Waals surface area contributed by atoms with Crippen LogP contribution in [0.1, 0.15) is 57.5 Å². The lowest BCUT2D eigenvalue weighted by atomic mass is 10.0. The lowest BCUT2D eigenvalue weighted by Gasteiger charge is -2.19. The normalized spacial score (nSPS) is 13.4. The highest BCUT2D eigenvalue weighted by Gasteiger charge is 2.37. The Bertz CT molecular complexity index is 1940. The first kappa shape index (κ1) is 32.5. The van der Waals surface area contributed by atoms with Crippen molar-refractivity contribution in [3.05, 3.63) is 114 Å². The Hall–Kier alpha value is -5.44. The van der Waals surface area contributed by atoms with Crippen LogP contribution in [0.3, 0.4) is 0 Å². The number of urea groups is 1. The van der Waals surface area contributed by atoms with Gasteiger partial charge in [-0.25, -0.2) is 19.5 Å². The average Bonchev–Trinajstić information content (AvgIpc) is 3.54. The van der Waals surface area contributed by atoms with E-state index < -0.39 is 11.8 Å². The van der Waals surface area contributed by atoms with Gasteiger partial charge in [-0.05, 0) is 68.1 Å². The summed E-state index contributed by atoms with van der Waals surface area (Å²) in [5.41, 5.74) is 5.24. The van der Waals surface area contributed by atoms with Crippen LogP contribution in [-0.2, 0) is 29.0 Å². The highest BCUT2D eigenvalue weighted by molar-refractivity contribution is 6.20. The van der Waals surface area contributed by atoms with Crippen LogP contribution in [0.25, 0.3) is 22.2 Å². The lowest BCUT2D eigenvalue weighted by molar-refractivity contribution is -0.116. The fourth-order valence-corrected chi connectivity index (χ4v) is 5.86. The molecule has 0 atom stereocenters. The number of imide groups is 1. The molecule has 6 rings (SSSR count). The summed E-state index contributed by atoms with van der Waals surface area (Å²) < 4.78 is 13.1. The third kappa shape index (κ3) is 7.25. The van der Waals surface area contributed by atoms with E-state index in [2.05, 4.69) is 11.5 Å². The van der Waals surface area contributed by atoms with Crippen LogP contribution in [0, 0.1) is 0 Å². The molecule has 4 aromatic carbocycles. The molecule has 2 heterocycles. The Labute approximate surface area is 280 Å². The highest BCUT2D eigenvalue weighted by Crippen LogP contribution is 2.32. The zero-order valence-electron chi connectivity index (χ0n) is 27.8. The molecule has 0 spiro atoms. The van der Waals surface area contributed by atoms with Crippen LogP contribution in [0.2, 0.25) is 0 Å². The Kier molecular flexibility index (Phi) is 9.30. The summed E-state index contributed by atoms with van der Waals surface area (Å²) in [5, 5.41) is 0. The van der Waals surface area contributed by atoms with Gasteiger partial charge >= 0.3 is 12.2 Å². The first-order valence-electron chi connectivity index (χ1n) is 16.3. The zero-order valence-corrected chi connectivity index (χ0v) is 27.8. The lowest BCUT2D eigenvalue weighted by Crippen LogP contribution is -2.32. The molecule has 5 aromatic rings. The van der Waals surface area contributed by atoms with Gasteiger partial charge in [-0.1, -0.05) is 86.1 Å². The molecule has 9 nitrogen and oxygen atoms in total. The molecule has 48 heavy (non-hydrogen) atoms. The molecular weight excluding hydrogens is 604 g/mol. The van der Waals surface area contributed by atoms with Crippen LogP contribution in [-0.4, -0.2) is 44.7 Å². The summed E-state index contributed by atoms with van der Waals surface area (Å²) in [6.45, 7) is 8.49. The van der Waals surface area contributed by atoms with Gasteiger partial charge in [-0.2, -0.15) is 0 Å². The molecular formula is C39H40N4O5. The fourth-order valence-electron chi connectivity index (χ4n) is 5.86. The molecule has 0 bridgehead atoms. The maximum Gasteiger partial charge on any atom is 0.514 e. The molecule has 0 aliphatic carbocycles. The van der Waals surface area contributed by atoms with Crippen molar-refractivity contribution in [2.75, 3.05) is 11.4 Å². The van der Waals surface area contributed by atoms with Crippen LogP contribution in [0.5, 0.6) is 5.75 Å². The van der Waals surface area contributed by atoms with Gasteiger partial charge in [-0.3, -0.25) is 4.79 Å². The van der Waals surface area contributed by atoms with Gasteiger partial charge in [0, 0.05) is 25.1 Å². The van der Waals surface area contributed by atoms with Crippen molar-refractivity contribution in [3.8, 4) is 16.9 Å². The predicted octanol–water partition coefficient (Wildman–Crippen LogP) is 8.38. The van der Waals surface area contributed by atoms with E-state index in [-0.39, 0.29) is 18.5 Å². The monoisotopic (exact) mass is 644 g/mol. The van der Waals surface area contributed by atoms with Gasteiger partial charge in [0.1, 0.15) is 23.7 Å². The molecule has 3 amide bonds. The summed E-state index contributed by atoms with van der Waals surface area (Å²) in [7, 11) is 0. The van der Waals surface area contributed by atoms with E-state index in [1.165, 1.54) is 4.90 Å². The van der Waals surface area contributed by atoms with Crippen LogP contribution in [0.15, 0.2) is 97.1 Å². The smallest absolute Gasteiger partial charge is 0.428 e. The van der Waals surface area contributed by atoms with E-state index in [9.17, 15) is 14.4 Å². The number of fused-ring (bicyclic) bond motifs is 1. The van der Waals surface area contributed by atoms with Crippen LogP contribution < -0.4 is 9.64 Å². The van der Waals surface area contributed by atoms with Gasteiger partial charge in [0.15, 0.2) is 0 Å². The molecule has 1 fully saturated rings. The van der Waals surface area contributed by atoms with E-state index in [0.717, 1.165) is 58.4 Å². The molecule has 0 saturated carbocycles. The number of amides is 3. The molecule has 1 aliphatic rings. The molecule has 1 aromatic heterocycles. The Morgan fingerprint density at radius 2 is 1.56 bits per heavy atom. The third-order valence-corrected chi connectivity index (χ3v) is 8.15. The van der Waals surface area contributed by atoms with E-state index in [0.29, 0.717) is 24.5 Å². The Morgan fingerprint density at radius 3 is 2.29 bits per heavy atom. The minimum atomic E-state index is -0.751. The number of unbranched alkanes of at least 4 members (excludes halogenated alkanes) is 1. The number of ether oxygens (including phenoxy) is 2. The molecule has 0 radical (unpaired) electrons. The number of hydrogen-bond donors (Lipinski definition) is 0. The third-order valence-electron chi connectivity index (χ3n) is 8.15. The minimum absolute atomic E-state index is 0.0328. The first-order valence-corrected chi connectivity index (χ1v) is 16.3. The number of carbonyl (C=O) groups excluding carboxylic acids is 3. The molecule has 9 heteroatoms. The van der Waals surface area contributed by atoms with Crippen molar-refractivity contribution in [3.63, 3.8) is 0 Å². The number of benzene rings is 4. The zero-order chi connectivity index (χ0) is 33.8. The molecule has 1 saturated heterocycles. The number of aromatic nitrogens is 2. The van der Waals surface area contributed by atoms with Crippen molar-refractivity contribution >= 4 is 34.8 Å². The average molecular weight is 645 g/mol. The van der Waals surface area contributed by atoms with Crippen molar-refractivity contribution in [1.82, 2.24) is 14.5 Å². The maximum absolute atomic E-state index is 13.4. The fraction of sp³-hybridized carbons (Fsp3) is 0.282. The number of nitrogens with zero attached hydrogens (tertiary/aromatic N) is 4. The minimum Gasteiger partial charge on any atom is -0.428 e. The predicted molar refractivity (Wildman–Crippen MR) is 186 cm³/mol. The standard InChI is InChI=1S/C39H40N4O5/c1-5-6-16-35-40-32-22-21-30(43-36(44)26-41(37(43)45)24-27-12-8-7-9-13-27)23-33(32)42(35)25-28-17-19-29(20-18-28)31-14-10-11-15-34(31)47-38(46)48-39(2,3)4/h7-15,17-23H,5-6,16,24-26H2,1-4H3. The second-order valence-electron chi connectivity index (χ2n) is 13.0. The van der Waals surface area contributed by atoms with Crippen LogP contribution >= 0.6 is 0 Å². The summed E-state index contributed by atoms with van der Waals surface area (Å²) in [6, 6.07) is 30.4. The van der Waals surface area contributed by atoms with Crippen LogP contribution in [0.4, 0.5) is 15.3 Å². The van der Waals surface area contributed by atoms with Gasteiger partial charge in [0.05, 0.1) is 16.7 Å². The van der Waals surface area contributed by atoms with E-state index in [4.69, 9.17) is 14.5 Å². The van der Waals surface area contributed by atoms with Gasteiger partial charge in [0.25, 0.3) is 5.91 Å². The van der Waals surface area contributed by atoms with E-state index in [1.54, 1.807) is 37.8 Å². The van der Waals surface area contributed by atoms with E-state index >= 15 is 0 Å². The Balaban J connectivity index is 1.26. The summed E-state index contributed by atoms with van der Waals surface area (Å²) >= 11 is 0. The number of carbonyl (C=O) groups is 3. The SMILES string of the molecule is CCCCc1nc2ccc(N3C(=O)CN(Cc4ccccc4)C3=O)cc2n1Cc1ccc(-c2ccccc2OC(=O)OC(C)(C)C)cc1. The number of para-hydroxylation sites is 1. The molecule has 0 N–H and O–H groups in total. The largest absolute Gasteiger partial charge is 0.514 e. The van der Waals surface area contributed by atoms with Gasteiger partial charge < -0.3 is 18.9 Å². The number of hydrogen-bond acceptors (Lipinski definition) is 6. The summed E-state index contributed by atoms with van der Waals surface area (Å²) in [6.07, 6.45) is 2.07. The quantitative estimate of drug-likeness (QED) is 0.0861. The molecule has 0 unspecified atom stereocenters. The second-order valence-corrected chi connectivity index (χ2v) is 13.0. The number of imidazole rings is 1. The molecule has 246 valence electrons. The summed E-state index contributed by atoms with van der Waals surface area (Å²) in [5.74, 6) is 1.12. The van der Waals surface area contributed by atoms with Crippen molar-refractivity contribution in [1.29, 1.82) is 0 Å². The summed E-state index contributed by atoms with van der Waals surface area (Å²) in [4.78, 5) is 46.8. The van der Waals surface area contributed by atoms with Gasteiger partial charge in [0.2, 0.25) is 0 Å². The topological polar surface area (TPSA) is 94.0 Å². The van der Waals surface area contributed by atoms with Crippen molar-refractivity contribution < 1.29 is 23.9 Å². The van der Waals surface area contributed by atoms with Crippen molar-refractivity contribution in [2.24, 2.45) is 0 Å². The number of rotatable bonds is 10. The Morgan fingerprint density at radius 1 is 0.854 bits per heavy atom. The number of anilines is 1. The van der Waals surface area contributed by atoms with Crippen molar-refractivity contribution in [2.45, 2.75) is 65.6 Å². The van der Waals surface area contributed by atoms with E-state index in [1.807, 2.05) is 84.9 Å². The highest BCUT2D eigenvalue weighted by atomic mass is 16.7. The number of aryl methyl sites for hydroxylation is 1. The maximum atomic E-state index is 13.4.